The molecule has 3 aromatic carbocycles. The Bertz CT molecular complexity index is 1500. The van der Waals surface area contributed by atoms with Gasteiger partial charge in [0.05, 0.1) is 5.39 Å². The molecular weight excluding hydrogens is 370 g/mol. The standard InChI is InChI=1S/C23H16NOS2/c1-13-11-12-15-14-7-3-5-9-17(14)25-21(15)19(13)22-24(2)20-16-8-4-6-10-18(16)26-23(20)27-22/h3-12H,1-2H3/q+1. The molecule has 6 aromatic rings. The lowest BCUT2D eigenvalue weighted by molar-refractivity contribution is -0.628. The van der Waals surface area contributed by atoms with Gasteiger partial charge in [-0.1, -0.05) is 53.8 Å². The molecule has 0 fully saturated rings. The SMILES string of the molecule is Cc1ccc2c(oc3ccccc32)c1-c1sc2sc3ccccc3c2[n+]1C. The molecular formula is C23H16NOS2+. The molecule has 0 N–H and O–H groups in total. The summed E-state index contributed by atoms with van der Waals surface area (Å²) in [5.74, 6) is 0. The van der Waals surface area contributed by atoms with E-state index < -0.39 is 0 Å². The molecule has 0 saturated carbocycles. The molecule has 0 aliphatic heterocycles. The van der Waals surface area contributed by atoms with Gasteiger partial charge < -0.3 is 4.42 Å². The highest BCUT2D eigenvalue weighted by Gasteiger charge is 2.27. The minimum absolute atomic E-state index is 0.950. The van der Waals surface area contributed by atoms with E-state index in [-0.39, 0.29) is 0 Å². The first-order chi connectivity index (χ1) is 13.2. The van der Waals surface area contributed by atoms with Crippen LogP contribution in [0.15, 0.2) is 65.1 Å². The summed E-state index contributed by atoms with van der Waals surface area (Å²) in [5, 5.41) is 4.95. The van der Waals surface area contributed by atoms with Gasteiger partial charge in [-0.25, -0.2) is 0 Å². The Morgan fingerprint density at radius 3 is 2.48 bits per heavy atom. The van der Waals surface area contributed by atoms with Crippen LogP contribution in [0.5, 0.6) is 0 Å². The number of benzene rings is 3. The Labute approximate surface area is 163 Å². The highest BCUT2D eigenvalue weighted by Crippen LogP contribution is 2.43. The zero-order valence-electron chi connectivity index (χ0n) is 14.9. The number of para-hydroxylation sites is 1. The van der Waals surface area contributed by atoms with Gasteiger partial charge in [0.1, 0.15) is 18.2 Å². The summed E-state index contributed by atoms with van der Waals surface area (Å²) >= 11 is 3.74. The number of rotatable bonds is 1. The second-order valence-electron chi connectivity index (χ2n) is 6.93. The first-order valence-electron chi connectivity index (χ1n) is 8.93. The Balaban J connectivity index is 1.75. The normalized spacial score (nSPS) is 12.1. The molecule has 0 spiro atoms. The van der Waals surface area contributed by atoms with Crippen LogP contribution in [-0.4, -0.2) is 0 Å². The summed E-state index contributed by atoms with van der Waals surface area (Å²) in [4.78, 5) is 0. The van der Waals surface area contributed by atoms with Crippen molar-refractivity contribution in [1.82, 2.24) is 0 Å². The molecule has 4 heteroatoms. The van der Waals surface area contributed by atoms with Gasteiger partial charge in [-0.05, 0) is 30.7 Å². The molecule has 3 heterocycles. The highest BCUT2D eigenvalue weighted by molar-refractivity contribution is 7.42. The van der Waals surface area contributed by atoms with Crippen molar-refractivity contribution in [3.8, 4) is 10.6 Å². The van der Waals surface area contributed by atoms with Gasteiger partial charge in [-0.2, -0.15) is 4.57 Å². The van der Waals surface area contributed by atoms with E-state index >= 15 is 0 Å². The lowest BCUT2D eigenvalue weighted by Crippen LogP contribution is -2.28. The molecule has 0 aliphatic rings. The van der Waals surface area contributed by atoms with E-state index in [1.54, 1.807) is 0 Å². The molecule has 0 atom stereocenters. The minimum atomic E-state index is 0.950. The largest absolute Gasteiger partial charge is 0.455 e. The molecule has 0 aliphatic carbocycles. The maximum atomic E-state index is 6.33. The molecule has 0 radical (unpaired) electrons. The molecule has 27 heavy (non-hydrogen) atoms. The minimum Gasteiger partial charge on any atom is -0.455 e. The fourth-order valence-electron chi connectivity index (χ4n) is 4.03. The van der Waals surface area contributed by atoms with Crippen molar-refractivity contribution in [3.05, 3.63) is 66.2 Å². The Morgan fingerprint density at radius 1 is 0.815 bits per heavy atom. The van der Waals surface area contributed by atoms with Crippen LogP contribution in [0.25, 0.3) is 52.1 Å². The molecule has 0 saturated heterocycles. The van der Waals surface area contributed by atoms with E-state index in [4.69, 9.17) is 4.42 Å². The molecule has 0 bridgehead atoms. The number of thiazole rings is 1. The van der Waals surface area contributed by atoms with Crippen LogP contribution in [0.1, 0.15) is 5.56 Å². The van der Waals surface area contributed by atoms with Gasteiger partial charge in [0.25, 0.3) is 5.01 Å². The topological polar surface area (TPSA) is 17.0 Å². The summed E-state index contributed by atoms with van der Waals surface area (Å²) in [6.45, 7) is 2.17. The Hall–Kier alpha value is -2.69. The summed E-state index contributed by atoms with van der Waals surface area (Å²) in [6, 6.07) is 21.4. The third-order valence-electron chi connectivity index (χ3n) is 5.34. The van der Waals surface area contributed by atoms with Crippen molar-refractivity contribution in [2.24, 2.45) is 7.05 Å². The average molecular weight is 387 g/mol. The molecule has 6 rings (SSSR count). The van der Waals surface area contributed by atoms with Gasteiger partial charge in [0.15, 0.2) is 9.60 Å². The molecule has 0 unspecified atom stereocenters. The van der Waals surface area contributed by atoms with Crippen LogP contribution in [0.2, 0.25) is 0 Å². The van der Waals surface area contributed by atoms with E-state index in [0.29, 0.717) is 0 Å². The van der Waals surface area contributed by atoms with E-state index in [2.05, 4.69) is 73.1 Å². The average Bonchev–Trinajstić information content (AvgIpc) is 3.32. The number of hydrogen-bond donors (Lipinski definition) is 0. The van der Waals surface area contributed by atoms with Crippen LogP contribution < -0.4 is 4.57 Å². The van der Waals surface area contributed by atoms with Crippen LogP contribution in [0.4, 0.5) is 0 Å². The quantitative estimate of drug-likeness (QED) is 0.284. The predicted molar refractivity (Wildman–Crippen MR) is 116 cm³/mol. The van der Waals surface area contributed by atoms with Crippen LogP contribution in [0.3, 0.4) is 0 Å². The number of hydrogen-bond acceptors (Lipinski definition) is 3. The first kappa shape index (κ1) is 15.4. The third-order valence-corrected chi connectivity index (χ3v) is 7.84. The molecule has 3 aromatic heterocycles. The van der Waals surface area contributed by atoms with Crippen molar-refractivity contribution in [1.29, 1.82) is 0 Å². The van der Waals surface area contributed by atoms with Gasteiger partial charge in [-0.3, -0.25) is 0 Å². The lowest BCUT2D eigenvalue weighted by atomic mass is 10.0. The van der Waals surface area contributed by atoms with Gasteiger partial charge in [0, 0.05) is 15.5 Å². The summed E-state index contributed by atoms with van der Waals surface area (Å²) in [6.07, 6.45) is 0. The van der Waals surface area contributed by atoms with E-state index in [1.807, 2.05) is 28.7 Å². The van der Waals surface area contributed by atoms with Gasteiger partial charge in [-0.15, -0.1) is 11.3 Å². The zero-order valence-corrected chi connectivity index (χ0v) is 16.6. The molecule has 130 valence electrons. The lowest BCUT2D eigenvalue weighted by Gasteiger charge is -2.02. The van der Waals surface area contributed by atoms with Crippen molar-refractivity contribution < 1.29 is 8.98 Å². The fraction of sp³-hybridized carbons (Fsp3) is 0.0870. The number of fused-ring (bicyclic) bond motifs is 6. The monoisotopic (exact) mass is 386 g/mol. The van der Waals surface area contributed by atoms with E-state index in [0.717, 1.165) is 11.2 Å². The smallest absolute Gasteiger partial charge is 0.274 e. The van der Waals surface area contributed by atoms with Gasteiger partial charge in [0.2, 0.25) is 5.52 Å². The van der Waals surface area contributed by atoms with Crippen LogP contribution >= 0.6 is 22.7 Å². The Kier molecular flexibility index (Phi) is 3.08. The Morgan fingerprint density at radius 2 is 1.59 bits per heavy atom. The second kappa shape index (κ2) is 5.41. The highest BCUT2D eigenvalue weighted by atomic mass is 32.2. The summed E-state index contributed by atoms with van der Waals surface area (Å²) in [7, 11) is 2.17. The van der Waals surface area contributed by atoms with Crippen molar-refractivity contribution in [2.75, 3.05) is 0 Å². The van der Waals surface area contributed by atoms with E-state index in [1.165, 1.54) is 46.5 Å². The van der Waals surface area contributed by atoms with E-state index in [9.17, 15) is 0 Å². The first-order valence-corrected chi connectivity index (χ1v) is 10.6. The second-order valence-corrected chi connectivity index (χ2v) is 9.24. The maximum Gasteiger partial charge on any atom is 0.274 e. The maximum absolute atomic E-state index is 6.33. The summed E-state index contributed by atoms with van der Waals surface area (Å²) in [5.41, 5.74) is 5.72. The number of aromatic nitrogens is 1. The number of aryl methyl sites for hydroxylation is 2. The number of nitrogens with zero attached hydrogens (tertiary/aromatic N) is 1. The van der Waals surface area contributed by atoms with Crippen LogP contribution in [0, 0.1) is 6.92 Å². The molecule has 0 amide bonds. The van der Waals surface area contributed by atoms with Crippen LogP contribution in [-0.2, 0) is 7.05 Å². The summed E-state index contributed by atoms with van der Waals surface area (Å²) < 4.78 is 11.4. The zero-order chi connectivity index (χ0) is 18.1. The van der Waals surface area contributed by atoms with Gasteiger partial charge >= 0.3 is 0 Å². The van der Waals surface area contributed by atoms with Crippen molar-refractivity contribution in [2.45, 2.75) is 6.92 Å². The third kappa shape index (κ3) is 2.02. The fourth-order valence-corrected chi connectivity index (χ4v) is 6.77. The van der Waals surface area contributed by atoms with Crippen molar-refractivity contribution in [3.63, 3.8) is 0 Å². The predicted octanol–water partition coefficient (Wildman–Crippen LogP) is 6.82. The van der Waals surface area contributed by atoms with Crippen molar-refractivity contribution >= 4 is 64.2 Å². The molecule has 2 nitrogen and oxygen atoms in total. The number of furan rings is 1. The number of thiophene rings is 1.